The van der Waals surface area contributed by atoms with Crippen molar-refractivity contribution < 1.29 is 4.74 Å². The lowest BCUT2D eigenvalue weighted by Gasteiger charge is -2.09. The van der Waals surface area contributed by atoms with Crippen LogP contribution in [0, 0.1) is 0 Å². The van der Waals surface area contributed by atoms with Crippen LogP contribution < -0.4 is 4.74 Å². The molecule has 0 radical (unpaired) electrons. The van der Waals surface area contributed by atoms with Gasteiger partial charge in [-0.05, 0) is 30.5 Å². The molecule has 1 aliphatic rings. The first-order valence-corrected chi connectivity index (χ1v) is 5.40. The Hall–Kier alpha value is -1.50. The van der Waals surface area contributed by atoms with Crippen LogP contribution in [0.25, 0.3) is 0 Å². The van der Waals surface area contributed by atoms with Gasteiger partial charge in [-0.2, -0.15) is 0 Å². The van der Waals surface area contributed by atoms with Gasteiger partial charge in [0, 0.05) is 5.92 Å². The van der Waals surface area contributed by atoms with Crippen molar-refractivity contribution in [3.63, 3.8) is 0 Å². The van der Waals surface area contributed by atoms with Gasteiger partial charge in [0.25, 0.3) is 0 Å². The maximum atomic E-state index is 5.44. The van der Waals surface area contributed by atoms with Crippen molar-refractivity contribution in [2.45, 2.75) is 18.8 Å². The van der Waals surface area contributed by atoms with Gasteiger partial charge in [-0.1, -0.05) is 36.9 Å². The molecule has 1 aliphatic carbocycles. The fourth-order valence-corrected chi connectivity index (χ4v) is 1.88. The Kier molecular flexibility index (Phi) is 3.23. The lowest BCUT2D eigenvalue weighted by molar-refractivity contribution is 0.363. The summed E-state index contributed by atoms with van der Waals surface area (Å²) in [5.74, 6) is 1.53. The van der Waals surface area contributed by atoms with E-state index in [0.29, 0.717) is 12.5 Å². The highest BCUT2D eigenvalue weighted by Crippen LogP contribution is 2.29. The Bertz CT molecular complexity index is 348. The first kappa shape index (κ1) is 10.0. The summed E-state index contributed by atoms with van der Waals surface area (Å²) >= 11 is 0. The normalized spacial score (nSPS) is 19.1. The Morgan fingerprint density at radius 3 is 2.73 bits per heavy atom. The second-order valence-electron chi connectivity index (χ2n) is 3.78. The molecule has 0 saturated heterocycles. The van der Waals surface area contributed by atoms with Crippen LogP contribution >= 0.6 is 0 Å². The fraction of sp³-hybridized carbons (Fsp3) is 0.286. The third-order valence-electron chi connectivity index (χ3n) is 2.69. The minimum atomic E-state index is 0.572. The number of benzene rings is 1. The van der Waals surface area contributed by atoms with Crippen molar-refractivity contribution >= 4 is 0 Å². The van der Waals surface area contributed by atoms with E-state index in [1.807, 2.05) is 12.1 Å². The first-order valence-electron chi connectivity index (χ1n) is 5.40. The smallest absolute Gasteiger partial charge is 0.119 e. The minimum Gasteiger partial charge on any atom is -0.490 e. The Labute approximate surface area is 91.1 Å². The molecule has 0 bridgehead atoms. The third-order valence-corrected chi connectivity index (χ3v) is 2.69. The highest BCUT2D eigenvalue weighted by Gasteiger charge is 2.11. The summed E-state index contributed by atoms with van der Waals surface area (Å²) < 4.78 is 5.44. The van der Waals surface area contributed by atoms with E-state index in [0.717, 1.165) is 5.75 Å². The van der Waals surface area contributed by atoms with E-state index < -0.39 is 0 Å². The van der Waals surface area contributed by atoms with Crippen LogP contribution in [-0.4, -0.2) is 6.61 Å². The van der Waals surface area contributed by atoms with Gasteiger partial charge in [0.2, 0.25) is 0 Å². The molecule has 0 spiro atoms. The lowest BCUT2D eigenvalue weighted by atomic mass is 9.99. The molecule has 78 valence electrons. The highest BCUT2D eigenvalue weighted by molar-refractivity contribution is 5.32. The number of rotatable bonds is 4. The first-order chi connectivity index (χ1) is 7.40. The second kappa shape index (κ2) is 4.83. The van der Waals surface area contributed by atoms with Crippen LogP contribution in [0.4, 0.5) is 0 Å². The van der Waals surface area contributed by atoms with Gasteiger partial charge < -0.3 is 4.74 Å². The van der Waals surface area contributed by atoms with Gasteiger partial charge in [-0.25, -0.2) is 0 Å². The van der Waals surface area contributed by atoms with E-state index in [2.05, 4.69) is 30.9 Å². The zero-order valence-corrected chi connectivity index (χ0v) is 8.86. The SMILES string of the molecule is C=CCOc1ccc(C2C=CCC2)cc1. The monoisotopic (exact) mass is 200 g/mol. The van der Waals surface area contributed by atoms with Crippen molar-refractivity contribution in [2.24, 2.45) is 0 Å². The van der Waals surface area contributed by atoms with E-state index in [4.69, 9.17) is 4.74 Å². The molecule has 15 heavy (non-hydrogen) atoms. The van der Waals surface area contributed by atoms with Crippen molar-refractivity contribution in [3.05, 3.63) is 54.6 Å². The van der Waals surface area contributed by atoms with Gasteiger partial charge in [-0.3, -0.25) is 0 Å². The van der Waals surface area contributed by atoms with Crippen LogP contribution in [0.1, 0.15) is 24.3 Å². The summed E-state index contributed by atoms with van der Waals surface area (Å²) in [7, 11) is 0. The lowest BCUT2D eigenvalue weighted by Crippen LogP contribution is -1.94. The molecule has 0 amide bonds. The summed E-state index contributed by atoms with van der Waals surface area (Å²) in [6.07, 6.45) is 8.76. The predicted octanol–water partition coefficient (Wildman–Crippen LogP) is 3.69. The van der Waals surface area contributed by atoms with Crippen molar-refractivity contribution in [1.82, 2.24) is 0 Å². The molecule has 2 rings (SSSR count). The molecule has 1 nitrogen and oxygen atoms in total. The Balaban J connectivity index is 2.03. The molecule has 0 N–H and O–H groups in total. The van der Waals surface area contributed by atoms with Crippen molar-refractivity contribution in [3.8, 4) is 5.75 Å². The predicted molar refractivity (Wildman–Crippen MR) is 63.2 cm³/mol. The summed E-state index contributed by atoms with van der Waals surface area (Å²) in [4.78, 5) is 0. The van der Waals surface area contributed by atoms with E-state index in [-0.39, 0.29) is 0 Å². The summed E-state index contributed by atoms with van der Waals surface area (Å²) in [6.45, 7) is 4.19. The number of allylic oxidation sites excluding steroid dienone is 2. The summed E-state index contributed by atoms with van der Waals surface area (Å²) in [6, 6.07) is 8.37. The largest absolute Gasteiger partial charge is 0.490 e. The van der Waals surface area contributed by atoms with Crippen molar-refractivity contribution in [1.29, 1.82) is 0 Å². The van der Waals surface area contributed by atoms with Crippen molar-refractivity contribution in [2.75, 3.05) is 6.61 Å². The highest BCUT2D eigenvalue weighted by atomic mass is 16.5. The molecular weight excluding hydrogens is 184 g/mol. The molecule has 0 aromatic heterocycles. The van der Waals surface area contributed by atoms with Crippen LogP contribution in [-0.2, 0) is 0 Å². The molecule has 0 heterocycles. The van der Waals surface area contributed by atoms with Gasteiger partial charge in [-0.15, -0.1) is 0 Å². The maximum absolute atomic E-state index is 5.44. The van der Waals surface area contributed by atoms with Crippen LogP contribution in [0.2, 0.25) is 0 Å². The molecule has 1 aromatic carbocycles. The zero-order chi connectivity index (χ0) is 10.5. The maximum Gasteiger partial charge on any atom is 0.119 e. The quantitative estimate of drug-likeness (QED) is 0.673. The fourth-order valence-electron chi connectivity index (χ4n) is 1.88. The van der Waals surface area contributed by atoms with Crippen LogP contribution in [0.3, 0.4) is 0 Å². The summed E-state index contributed by atoms with van der Waals surface area (Å²) in [5.41, 5.74) is 1.38. The minimum absolute atomic E-state index is 0.572. The van der Waals surface area contributed by atoms with Crippen LogP contribution in [0.15, 0.2) is 49.1 Å². The molecule has 0 saturated carbocycles. The molecule has 1 heteroatoms. The average Bonchev–Trinajstić information content (AvgIpc) is 2.80. The number of hydrogen-bond donors (Lipinski definition) is 0. The zero-order valence-electron chi connectivity index (χ0n) is 8.86. The van der Waals surface area contributed by atoms with E-state index >= 15 is 0 Å². The molecule has 1 unspecified atom stereocenters. The topological polar surface area (TPSA) is 9.23 Å². The van der Waals surface area contributed by atoms with Gasteiger partial charge in [0.05, 0.1) is 0 Å². The van der Waals surface area contributed by atoms with Crippen LogP contribution in [0.5, 0.6) is 5.75 Å². The molecule has 1 aromatic rings. The van der Waals surface area contributed by atoms with Gasteiger partial charge in [0.1, 0.15) is 12.4 Å². The summed E-state index contributed by atoms with van der Waals surface area (Å²) in [5, 5.41) is 0. The number of ether oxygens (including phenoxy) is 1. The average molecular weight is 200 g/mol. The van der Waals surface area contributed by atoms with E-state index in [9.17, 15) is 0 Å². The Morgan fingerprint density at radius 1 is 1.33 bits per heavy atom. The van der Waals surface area contributed by atoms with Gasteiger partial charge >= 0.3 is 0 Å². The standard InChI is InChI=1S/C14H16O/c1-2-11-15-14-9-7-13(8-10-14)12-5-3-4-6-12/h2-3,5,7-10,12H,1,4,6,11H2. The molecule has 0 aliphatic heterocycles. The second-order valence-corrected chi connectivity index (χ2v) is 3.78. The van der Waals surface area contributed by atoms with E-state index in [1.165, 1.54) is 18.4 Å². The third kappa shape index (κ3) is 2.50. The number of hydrogen-bond acceptors (Lipinski definition) is 1. The molecular formula is C14H16O. The van der Waals surface area contributed by atoms with Gasteiger partial charge in [0.15, 0.2) is 0 Å². The Morgan fingerprint density at radius 2 is 2.13 bits per heavy atom. The molecule has 0 fully saturated rings. The molecule has 1 atom stereocenters. The van der Waals surface area contributed by atoms with E-state index in [1.54, 1.807) is 6.08 Å².